The van der Waals surface area contributed by atoms with Crippen LogP contribution in [0.2, 0.25) is 0 Å². The van der Waals surface area contributed by atoms with E-state index in [0.29, 0.717) is 11.8 Å². The summed E-state index contributed by atoms with van der Waals surface area (Å²) in [5.74, 6) is 1.32. The Balaban J connectivity index is -0.000000233. The fourth-order valence-corrected chi connectivity index (χ4v) is 1.64. The molecule has 0 saturated carbocycles. The van der Waals surface area contributed by atoms with Crippen molar-refractivity contribution in [2.75, 3.05) is 0 Å². The molecular formula is C16H24F2Ti. The molecule has 0 nitrogen and oxygen atoms in total. The van der Waals surface area contributed by atoms with Crippen molar-refractivity contribution in [1.29, 1.82) is 0 Å². The van der Waals surface area contributed by atoms with Gasteiger partial charge in [0.15, 0.2) is 0 Å². The molecule has 0 radical (unpaired) electrons. The minimum absolute atomic E-state index is 0. The molecule has 0 aromatic carbocycles. The van der Waals surface area contributed by atoms with Crippen LogP contribution in [0.1, 0.15) is 40.5 Å². The van der Waals surface area contributed by atoms with E-state index < -0.39 is 0 Å². The van der Waals surface area contributed by atoms with Crippen LogP contribution in [0.5, 0.6) is 0 Å². The van der Waals surface area contributed by atoms with Gasteiger partial charge >= 0.3 is 21.7 Å². The first-order valence-electron chi connectivity index (χ1n) is 6.15. The average molecular weight is 302 g/mol. The number of hydrogen-bond donors (Lipinski definition) is 0. The largest absolute Gasteiger partial charge is 2.00 e. The number of hydrogen-bond acceptors (Lipinski definition) is 0. The van der Waals surface area contributed by atoms with E-state index in [2.05, 4.69) is 64.2 Å². The molecule has 0 aliphatic heterocycles. The summed E-state index contributed by atoms with van der Waals surface area (Å²) in [5.41, 5.74) is 2.73. The van der Waals surface area contributed by atoms with E-state index in [4.69, 9.17) is 0 Å². The molecule has 3 heteroatoms. The maximum absolute atomic E-state index is 3.26. The summed E-state index contributed by atoms with van der Waals surface area (Å²) in [6.45, 7) is 8.77. The molecule has 0 unspecified atom stereocenters. The SMILES string of the molecule is CC(C)C1=[C-]CC=C1.CC(C)C1=[C-]CC=C1.F.F.[Ti+2]. The van der Waals surface area contributed by atoms with Crippen molar-refractivity contribution in [2.24, 2.45) is 11.8 Å². The standard InChI is InChI=1S/2C8H11.2FH.Ti/c2*1-7(2)8-5-3-4-6-8;;;/h2*3,5,7H,4H2,1-2H3;2*1H;/q2*-1;;;+2. The molecule has 0 aromatic heterocycles. The third-order valence-corrected chi connectivity index (χ3v) is 2.69. The number of halogens is 2. The maximum Gasteiger partial charge on any atom is 2.00 e. The Hall–Kier alpha value is -0.466. The van der Waals surface area contributed by atoms with Crippen molar-refractivity contribution < 1.29 is 31.1 Å². The summed E-state index contributed by atoms with van der Waals surface area (Å²) in [4.78, 5) is 0. The molecule has 0 fully saturated rings. The van der Waals surface area contributed by atoms with Crippen LogP contribution < -0.4 is 0 Å². The Kier molecular flexibility index (Phi) is 15.6. The molecule has 106 valence electrons. The summed E-state index contributed by atoms with van der Waals surface area (Å²) in [5, 5.41) is 0. The first-order valence-corrected chi connectivity index (χ1v) is 6.15. The topological polar surface area (TPSA) is 0 Å². The fourth-order valence-electron chi connectivity index (χ4n) is 1.64. The third kappa shape index (κ3) is 9.12. The van der Waals surface area contributed by atoms with E-state index in [1.807, 2.05) is 0 Å². The molecule has 0 saturated heterocycles. The van der Waals surface area contributed by atoms with Crippen molar-refractivity contribution in [3.05, 3.63) is 47.6 Å². The predicted octanol–water partition coefficient (Wildman–Crippen LogP) is 4.97. The molecule has 2 aliphatic carbocycles. The Morgan fingerprint density at radius 3 is 1.21 bits per heavy atom. The summed E-state index contributed by atoms with van der Waals surface area (Å²) in [6, 6.07) is 0. The fraction of sp³-hybridized carbons (Fsp3) is 0.500. The van der Waals surface area contributed by atoms with Crippen LogP contribution in [-0.4, -0.2) is 0 Å². The van der Waals surface area contributed by atoms with E-state index in [9.17, 15) is 0 Å². The van der Waals surface area contributed by atoms with E-state index in [1.165, 1.54) is 11.1 Å². The third-order valence-electron chi connectivity index (χ3n) is 2.69. The normalized spacial score (nSPS) is 14.8. The van der Waals surface area contributed by atoms with Crippen LogP contribution in [0.15, 0.2) is 35.5 Å². The quantitative estimate of drug-likeness (QED) is 0.499. The Morgan fingerprint density at radius 2 is 1.11 bits per heavy atom. The summed E-state index contributed by atoms with van der Waals surface area (Å²) in [7, 11) is 0. The van der Waals surface area contributed by atoms with Gasteiger partial charge in [-0.05, 0) is 0 Å². The molecule has 19 heavy (non-hydrogen) atoms. The van der Waals surface area contributed by atoms with Crippen LogP contribution in [0.25, 0.3) is 0 Å². The van der Waals surface area contributed by atoms with Gasteiger partial charge in [0.25, 0.3) is 0 Å². The van der Waals surface area contributed by atoms with Gasteiger partial charge in [0, 0.05) is 0 Å². The van der Waals surface area contributed by atoms with Crippen molar-refractivity contribution in [2.45, 2.75) is 40.5 Å². The van der Waals surface area contributed by atoms with Gasteiger partial charge in [0.2, 0.25) is 0 Å². The van der Waals surface area contributed by atoms with Crippen molar-refractivity contribution in [1.82, 2.24) is 0 Å². The van der Waals surface area contributed by atoms with Gasteiger partial charge in [0.05, 0.1) is 0 Å². The Labute approximate surface area is 131 Å². The van der Waals surface area contributed by atoms with Crippen LogP contribution in [0.3, 0.4) is 0 Å². The first kappa shape index (κ1) is 23.6. The van der Waals surface area contributed by atoms with Crippen LogP contribution in [-0.2, 0) is 21.7 Å². The molecule has 0 atom stereocenters. The second kappa shape index (κ2) is 12.6. The predicted molar refractivity (Wildman–Crippen MR) is 75.7 cm³/mol. The van der Waals surface area contributed by atoms with Crippen LogP contribution >= 0.6 is 0 Å². The molecule has 0 bridgehead atoms. The van der Waals surface area contributed by atoms with Gasteiger partial charge in [-0.25, -0.2) is 23.3 Å². The monoisotopic (exact) mass is 302 g/mol. The van der Waals surface area contributed by atoms with Crippen molar-refractivity contribution in [3.63, 3.8) is 0 Å². The summed E-state index contributed by atoms with van der Waals surface area (Å²) >= 11 is 0. The second-order valence-electron chi connectivity index (χ2n) is 4.79. The van der Waals surface area contributed by atoms with E-state index >= 15 is 0 Å². The molecule has 2 rings (SSSR count). The van der Waals surface area contributed by atoms with Gasteiger partial charge in [-0.15, -0.1) is 12.8 Å². The van der Waals surface area contributed by atoms with Crippen molar-refractivity contribution >= 4 is 0 Å². The van der Waals surface area contributed by atoms with Gasteiger partial charge in [-0.1, -0.05) is 39.5 Å². The number of rotatable bonds is 2. The molecule has 0 N–H and O–H groups in total. The second-order valence-corrected chi connectivity index (χ2v) is 4.79. The van der Waals surface area contributed by atoms with E-state index in [1.54, 1.807) is 0 Å². The smallest absolute Gasteiger partial charge is 0.269 e. The molecular weight excluding hydrogens is 278 g/mol. The molecule has 0 amide bonds. The zero-order valence-electron chi connectivity index (χ0n) is 12.2. The number of allylic oxidation sites excluding steroid dienone is 8. The van der Waals surface area contributed by atoms with E-state index in [0.717, 1.165) is 12.8 Å². The van der Waals surface area contributed by atoms with Gasteiger partial charge in [-0.3, -0.25) is 21.6 Å². The summed E-state index contributed by atoms with van der Waals surface area (Å²) < 4.78 is 0. The van der Waals surface area contributed by atoms with Gasteiger partial charge in [0.1, 0.15) is 0 Å². The van der Waals surface area contributed by atoms with E-state index in [-0.39, 0.29) is 31.1 Å². The van der Waals surface area contributed by atoms with Gasteiger partial charge < -0.3 is 0 Å². The Morgan fingerprint density at radius 1 is 0.789 bits per heavy atom. The molecule has 0 aromatic rings. The molecule has 0 spiro atoms. The zero-order valence-corrected chi connectivity index (χ0v) is 13.8. The van der Waals surface area contributed by atoms with Crippen LogP contribution in [0.4, 0.5) is 9.41 Å². The van der Waals surface area contributed by atoms with Gasteiger partial charge in [-0.2, -0.15) is 12.2 Å². The first-order chi connectivity index (χ1) is 7.61. The minimum atomic E-state index is 0. The van der Waals surface area contributed by atoms with Crippen molar-refractivity contribution in [3.8, 4) is 0 Å². The zero-order chi connectivity index (χ0) is 12.0. The Bertz CT molecular complexity index is 303. The molecule has 0 heterocycles. The van der Waals surface area contributed by atoms with Crippen LogP contribution in [0, 0.1) is 24.0 Å². The summed E-state index contributed by atoms with van der Waals surface area (Å²) in [6.07, 6.45) is 17.2. The maximum atomic E-state index is 3.26. The average Bonchev–Trinajstić information content (AvgIpc) is 2.93. The minimum Gasteiger partial charge on any atom is -0.269 e. The molecule has 2 aliphatic rings.